The van der Waals surface area contributed by atoms with Gasteiger partial charge in [0, 0.05) is 5.02 Å². The summed E-state index contributed by atoms with van der Waals surface area (Å²) >= 11 is 5.84. The Morgan fingerprint density at radius 1 is 1.05 bits per heavy atom. The second-order valence-corrected chi connectivity index (χ2v) is 6.55. The van der Waals surface area contributed by atoms with Crippen LogP contribution in [0.3, 0.4) is 0 Å². The SMILES string of the molecule is Cc1ccc(-c2ccc(Cl)cc2)cc1CP(=O)(O)O. The molecule has 0 aromatic heterocycles. The molecule has 2 aromatic carbocycles. The molecule has 0 spiro atoms. The van der Waals surface area contributed by atoms with Gasteiger partial charge in [0.2, 0.25) is 0 Å². The lowest BCUT2D eigenvalue weighted by molar-refractivity contribution is 0.371. The minimum atomic E-state index is -4.05. The fourth-order valence-corrected chi connectivity index (χ4v) is 2.80. The summed E-state index contributed by atoms with van der Waals surface area (Å²) in [5.41, 5.74) is 3.43. The summed E-state index contributed by atoms with van der Waals surface area (Å²) in [5.74, 6) is 0. The first kappa shape index (κ1) is 14.3. The lowest BCUT2D eigenvalue weighted by Gasteiger charge is -2.10. The molecule has 0 aliphatic heterocycles. The van der Waals surface area contributed by atoms with Crippen LogP contribution in [-0.2, 0) is 10.7 Å². The summed E-state index contributed by atoms with van der Waals surface area (Å²) in [5, 5.41) is 0.659. The van der Waals surface area contributed by atoms with Crippen molar-refractivity contribution < 1.29 is 14.4 Å². The molecule has 0 heterocycles. The molecular formula is C14H14ClO3P. The van der Waals surface area contributed by atoms with Crippen LogP contribution >= 0.6 is 19.2 Å². The highest BCUT2D eigenvalue weighted by molar-refractivity contribution is 7.50. The summed E-state index contributed by atoms with van der Waals surface area (Å²) in [6.45, 7) is 1.84. The van der Waals surface area contributed by atoms with E-state index in [-0.39, 0.29) is 6.16 Å². The Balaban J connectivity index is 2.41. The van der Waals surface area contributed by atoms with Crippen molar-refractivity contribution in [1.82, 2.24) is 0 Å². The molecule has 0 radical (unpaired) electrons. The molecule has 2 N–H and O–H groups in total. The van der Waals surface area contributed by atoms with Gasteiger partial charge in [0.1, 0.15) is 0 Å². The van der Waals surface area contributed by atoms with Crippen LogP contribution < -0.4 is 0 Å². The first-order valence-electron chi connectivity index (χ1n) is 5.75. The van der Waals surface area contributed by atoms with Crippen molar-refractivity contribution >= 4 is 19.2 Å². The molecule has 0 saturated carbocycles. The number of rotatable bonds is 3. The first-order valence-corrected chi connectivity index (χ1v) is 7.93. The summed E-state index contributed by atoms with van der Waals surface area (Å²) in [4.78, 5) is 18.2. The Labute approximate surface area is 117 Å². The smallest absolute Gasteiger partial charge is 0.324 e. The Hall–Kier alpha value is -1.12. The van der Waals surface area contributed by atoms with Crippen molar-refractivity contribution in [1.29, 1.82) is 0 Å². The van der Waals surface area contributed by atoms with E-state index in [1.54, 1.807) is 12.1 Å². The molecule has 5 heteroatoms. The van der Waals surface area contributed by atoms with E-state index in [2.05, 4.69) is 0 Å². The predicted molar refractivity (Wildman–Crippen MR) is 77.4 cm³/mol. The van der Waals surface area contributed by atoms with Crippen LogP contribution in [0.15, 0.2) is 42.5 Å². The number of hydrogen-bond acceptors (Lipinski definition) is 1. The second kappa shape index (κ2) is 5.48. The van der Waals surface area contributed by atoms with E-state index in [0.717, 1.165) is 16.7 Å². The molecule has 0 aliphatic carbocycles. The maximum absolute atomic E-state index is 11.1. The van der Waals surface area contributed by atoms with Gasteiger partial charge < -0.3 is 9.79 Å². The van der Waals surface area contributed by atoms with E-state index in [1.807, 2.05) is 37.3 Å². The van der Waals surface area contributed by atoms with Gasteiger partial charge in [-0.25, -0.2) is 0 Å². The number of hydrogen-bond donors (Lipinski definition) is 2. The highest BCUT2D eigenvalue weighted by Gasteiger charge is 2.16. The lowest BCUT2D eigenvalue weighted by Crippen LogP contribution is -1.92. The van der Waals surface area contributed by atoms with E-state index in [9.17, 15) is 4.57 Å². The lowest BCUT2D eigenvalue weighted by atomic mass is 10.0. The van der Waals surface area contributed by atoms with Crippen LogP contribution in [0.2, 0.25) is 5.02 Å². The number of benzene rings is 2. The van der Waals surface area contributed by atoms with E-state index >= 15 is 0 Å². The molecule has 2 rings (SSSR count). The fourth-order valence-electron chi connectivity index (χ4n) is 1.89. The van der Waals surface area contributed by atoms with Crippen LogP contribution in [-0.4, -0.2) is 9.79 Å². The van der Waals surface area contributed by atoms with E-state index in [1.165, 1.54) is 0 Å². The average Bonchev–Trinajstić information content (AvgIpc) is 2.31. The van der Waals surface area contributed by atoms with E-state index < -0.39 is 7.60 Å². The van der Waals surface area contributed by atoms with Crippen LogP contribution in [0.5, 0.6) is 0 Å². The maximum Gasteiger partial charge on any atom is 0.329 e. The Morgan fingerprint density at radius 2 is 1.63 bits per heavy atom. The molecule has 100 valence electrons. The predicted octanol–water partition coefficient (Wildman–Crippen LogP) is 3.99. The van der Waals surface area contributed by atoms with Gasteiger partial charge in [0.15, 0.2) is 0 Å². The molecule has 3 nitrogen and oxygen atoms in total. The molecule has 0 bridgehead atoms. The standard InChI is InChI=1S/C14H14ClO3P/c1-10-2-3-12(8-13(10)9-19(16,17)18)11-4-6-14(15)7-5-11/h2-8H,9H2,1H3,(H2,16,17,18). The Bertz CT molecular complexity index is 632. The second-order valence-electron chi connectivity index (χ2n) is 4.47. The highest BCUT2D eigenvalue weighted by Crippen LogP contribution is 2.40. The molecule has 0 atom stereocenters. The number of halogens is 1. The monoisotopic (exact) mass is 296 g/mol. The third-order valence-corrected chi connectivity index (χ3v) is 3.91. The Kier molecular flexibility index (Phi) is 4.12. The molecule has 0 saturated heterocycles. The van der Waals surface area contributed by atoms with Crippen molar-refractivity contribution in [3.05, 3.63) is 58.6 Å². The van der Waals surface area contributed by atoms with Gasteiger partial charge in [-0.2, -0.15) is 0 Å². The number of aryl methyl sites for hydroxylation is 1. The zero-order chi connectivity index (χ0) is 14.0. The highest BCUT2D eigenvalue weighted by atomic mass is 35.5. The molecule has 0 amide bonds. The van der Waals surface area contributed by atoms with Gasteiger partial charge in [-0.15, -0.1) is 0 Å². The summed E-state index contributed by atoms with van der Waals surface area (Å²) in [6.07, 6.45) is -0.236. The normalized spacial score (nSPS) is 11.6. The maximum atomic E-state index is 11.1. The zero-order valence-corrected chi connectivity index (χ0v) is 12.0. The van der Waals surface area contributed by atoms with Gasteiger partial charge in [0.25, 0.3) is 0 Å². The van der Waals surface area contributed by atoms with Gasteiger partial charge in [0.05, 0.1) is 6.16 Å². The van der Waals surface area contributed by atoms with Gasteiger partial charge in [-0.05, 0) is 41.3 Å². The average molecular weight is 297 g/mol. The third kappa shape index (κ3) is 3.92. The van der Waals surface area contributed by atoms with Crippen LogP contribution in [0.1, 0.15) is 11.1 Å². The molecular weight excluding hydrogens is 283 g/mol. The molecule has 0 aliphatic rings. The summed E-state index contributed by atoms with van der Waals surface area (Å²) in [7, 11) is -4.05. The Morgan fingerprint density at radius 3 is 2.21 bits per heavy atom. The van der Waals surface area contributed by atoms with Crippen molar-refractivity contribution in [3.63, 3.8) is 0 Å². The van der Waals surface area contributed by atoms with Crippen LogP contribution in [0.4, 0.5) is 0 Å². The van der Waals surface area contributed by atoms with Crippen molar-refractivity contribution in [3.8, 4) is 11.1 Å². The molecule has 0 unspecified atom stereocenters. The minimum Gasteiger partial charge on any atom is -0.324 e. The van der Waals surface area contributed by atoms with Gasteiger partial charge in [-0.3, -0.25) is 4.57 Å². The van der Waals surface area contributed by atoms with Gasteiger partial charge >= 0.3 is 7.60 Å². The largest absolute Gasteiger partial charge is 0.329 e. The molecule has 19 heavy (non-hydrogen) atoms. The van der Waals surface area contributed by atoms with Crippen LogP contribution in [0.25, 0.3) is 11.1 Å². The van der Waals surface area contributed by atoms with Crippen molar-refractivity contribution in [2.45, 2.75) is 13.1 Å². The minimum absolute atomic E-state index is 0.236. The molecule has 0 fully saturated rings. The summed E-state index contributed by atoms with van der Waals surface area (Å²) in [6, 6.07) is 13.0. The van der Waals surface area contributed by atoms with Crippen molar-refractivity contribution in [2.24, 2.45) is 0 Å². The van der Waals surface area contributed by atoms with Crippen LogP contribution in [0, 0.1) is 6.92 Å². The van der Waals surface area contributed by atoms with Gasteiger partial charge in [-0.1, -0.05) is 41.9 Å². The first-order chi connectivity index (χ1) is 8.85. The zero-order valence-electron chi connectivity index (χ0n) is 10.4. The van der Waals surface area contributed by atoms with Crippen molar-refractivity contribution in [2.75, 3.05) is 0 Å². The molecule has 2 aromatic rings. The summed E-state index contributed by atoms with van der Waals surface area (Å²) < 4.78 is 11.1. The quantitative estimate of drug-likeness (QED) is 0.842. The topological polar surface area (TPSA) is 57.5 Å². The van der Waals surface area contributed by atoms with E-state index in [4.69, 9.17) is 21.4 Å². The van der Waals surface area contributed by atoms with E-state index in [0.29, 0.717) is 10.6 Å². The third-order valence-electron chi connectivity index (χ3n) is 2.90. The fraction of sp³-hybridized carbons (Fsp3) is 0.143.